The molecule has 0 N–H and O–H groups in total. The van der Waals surface area contributed by atoms with Crippen LogP contribution in [0.15, 0.2) is 24.5 Å². The molecule has 1 aromatic rings. The molecule has 0 atom stereocenters. The molecule has 38 heavy (non-hydrogen) atoms. The van der Waals surface area contributed by atoms with Crippen molar-refractivity contribution in [2.45, 2.75) is 207 Å². The molecule has 0 radical (unpaired) electrons. The second-order valence-corrected chi connectivity index (χ2v) is 12.4. The van der Waals surface area contributed by atoms with Crippen LogP contribution in [-0.4, -0.2) is 0 Å². The predicted octanol–water partition coefficient (Wildman–Crippen LogP) is 12.5. The van der Waals surface area contributed by atoms with Gasteiger partial charge in [-0.3, -0.25) is 0 Å². The highest BCUT2D eigenvalue weighted by molar-refractivity contribution is 5.05. The first-order chi connectivity index (χ1) is 18.9. The SMILES string of the molecule is CCCCCCCCCCCCCCCCCCC[n+]1cccc(CCCCCCCCCCCCC)c1. The first-order valence-electron chi connectivity index (χ1n) is 17.8. The second-order valence-electron chi connectivity index (χ2n) is 12.4. The van der Waals surface area contributed by atoms with E-state index in [1.807, 2.05) is 0 Å². The molecule has 0 amide bonds. The van der Waals surface area contributed by atoms with E-state index in [1.165, 1.54) is 198 Å². The Hall–Kier alpha value is -0.850. The quantitative estimate of drug-likeness (QED) is 0.0690. The van der Waals surface area contributed by atoms with Crippen LogP contribution in [0.1, 0.15) is 199 Å². The largest absolute Gasteiger partial charge is 0.205 e. The van der Waals surface area contributed by atoms with Crippen molar-refractivity contribution in [2.24, 2.45) is 0 Å². The van der Waals surface area contributed by atoms with Crippen molar-refractivity contribution in [3.05, 3.63) is 30.1 Å². The summed E-state index contributed by atoms with van der Waals surface area (Å²) in [5, 5.41) is 0. The maximum absolute atomic E-state index is 2.44. The van der Waals surface area contributed by atoms with Crippen LogP contribution >= 0.6 is 0 Å². The van der Waals surface area contributed by atoms with Crippen LogP contribution in [0, 0.1) is 0 Å². The van der Waals surface area contributed by atoms with Gasteiger partial charge in [0.25, 0.3) is 0 Å². The Balaban J connectivity index is 1.86. The molecule has 0 aliphatic carbocycles. The van der Waals surface area contributed by atoms with Gasteiger partial charge >= 0.3 is 0 Å². The van der Waals surface area contributed by atoms with Gasteiger partial charge in [-0.2, -0.15) is 0 Å². The highest BCUT2D eigenvalue weighted by atomic mass is 14.9. The lowest BCUT2D eigenvalue weighted by atomic mass is 10.0. The first kappa shape index (κ1) is 35.2. The molecule has 0 aliphatic heterocycles. The molecule has 0 fully saturated rings. The first-order valence-corrected chi connectivity index (χ1v) is 17.8. The van der Waals surface area contributed by atoms with E-state index in [2.05, 4.69) is 42.9 Å². The maximum Gasteiger partial charge on any atom is 0.171 e. The van der Waals surface area contributed by atoms with E-state index in [-0.39, 0.29) is 0 Å². The van der Waals surface area contributed by atoms with Crippen molar-refractivity contribution in [1.82, 2.24) is 0 Å². The van der Waals surface area contributed by atoms with Gasteiger partial charge in [-0.25, -0.2) is 4.57 Å². The Bertz CT molecular complexity index is 580. The van der Waals surface area contributed by atoms with Crippen molar-refractivity contribution >= 4 is 0 Å². The van der Waals surface area contributed by atoms with Crippen molar-refractivity contribution in [2.75, 3.05) is 0 Å². The molecule has 0 saturated heterocycles. The summed E-state index contributed by atoms with van der Waals surface area (Å²) in [5.74, 6) is 0. The van der Waals surface area contributed by atoms with Crippen molar-refractivity contribution in [1.29, 1.82) is 0 Å². The number of aryl methyl sites for hydroxylation is 2. The molecule has 0 spiro atoms. The summed E-state index contributed by atoms with van der Waals surface area (Å²) in [6.45, 7) is 5.81. The Labute approximate surface area is 241 Å². The van der Waals surface area contributed by atoms with Gasteiger partial charge in [-0.05, 0) is 25.3 Å². The van der Waals surface area contributed by atoms with Gasteiger partial charge < -0.3 is 0 Å². The summed E-state index contributed by atoms with van der Waals surface area (Å²) >= 11 is 0. The number of hydrogen-bond acceptors (Lipinski definition) is 0. The van der Waals surface area contributed by atoms with E-state index in [9.17, 15) is 0 Å². The smallest absolute Gasteiger partial charge is 0.171 e. The van der Waals surface area contributed by atoms with E-state index < -0.39 is 0 Å². The van der Waals surface area contributed by atoms with Gasteiger partial charge in [-0.15, -0.1) is 0 Å². The minimum Gasteiger partial charge on any atom is -0.205 e. The van der Waals surface area contributed by atoms with Gasteiger partial charge in [0, 0.05) is 18.1 Å². The molecule has 1 heteroatoms. The molecule has 0 aliphatic rings. The topological polar surface area (TPSA) is 3.88 Å². The summed E-state index contributed by atoms with van der Waals surface area (Å²) in [6, 6.07) is 4.60. The Kier molecular flexibility index (Phi) is 27.0. The molecule has 1 nitrogen and oxygen atoms in total. The summed E-state index contributed by atoms with van der Waals surface area (Å²) in [5.41, 5.74) is 1.54. The van der Waals surface area contributed by atoms with Gasteiger partial charge in [0.2, 0.25) is 0 Å². The monoisotopic (exact) mass is 529 g/mol. The Morgan fingerprint density at radius 1 is 0.421 bits per heavy atom. The fraction of sp³-hybridized carbons (Fsp3) is 0.865. The zero-order chi connectivity index (χ0) is 27.2. The Morgan fingerprint density at radius 3 is 1.16 bits per heavy atom. The van der Waals surface area contributed by atoms with Crippen LogP contribution < -0.4 is 4.57 Å². The van der Waals surface area contributed by atoms with E-state index in [0.717, 1.165) is 0 Å². The van der Waals surface area contributed by atoms with Crippen LogP contribution in [0.2, 0.25) is 0 Å². The fourth-order valence-corrected chi connectivity index (χ4v) is 5.88. The molecular weight excluding hydrogens is 458 g/mol. The lowest BCUT2D eigenvalue weighted by Gasteiger charge is -2.04. The number of aromatic nitrogens is 1. The number of hydrogen-bond donors (Lipinski definition) is 0. The minimum absolute atomic E-state index is 1.20. The van der Waals surface area contributed by atoms with E-state index in [4.69, 9.17) is 0 Å². The van der Waals surface area contributed by atoms with Crippen LogP contribution in [0.25, 0.3) is 0 Å². The normalized spacial score (nSPS) is 11.4. The third-order valence-electron chi connectivity index (χ3n) is 8.51. The summed E-state index contributed by atoms with van der Waals surface area (Å²) in [7, 11) is 0. The fourth-order valence-electron chi connectivity index (χ4n) is 5.88. The van der Waals surface area contributed by atoms with Crippen molar-refractivity contribution in [3.63, 3.8) is 0 Å². The predicted molar refractivity (Wildman–Crippen MR) is 171 cm³/mol. The molecule has 1 rings (SSSR count). The molecule has 1 aromatic heterocycles. The molecule has 0 unspecified atom stereocenters. The molecule has 0 saturated carbocycles. The lowest BCUT2D eigenvalue weighted by Crippen LogP contribution is -2.33. The van der Waals surface area contributed by atoms with Gasteiger partial charge in [0.15, 0.2) is 12.4 Å². The number of rotatable bonds is 30. The summed E-state index contributed by atoms with van der Waals surface area (Å²) in [4.78, 5) is 0. The van der Waals surface area contributed by atoms with Crippen molar-refractivity contribution < 1.29 is 4.57 Å². The maximum atomic E-state index is 2.44. The zero-order valence-electron chi connectivity index (χ0n) is 26.5. The third kappa shape index (κ3) is 24.2. The molecule has 1 heterocycles. The standard InChI is InChI=1S/C37H70N/c1-3-5-7-9-11-13-15-16-17-18-19-20-22-24-26-28-30-34-38-35-31-33-37(36-38)32-29-27-25-23-21-14-12-10-8-6-4-2/h31,33,35-36H,3-30,32,34H2,1-2H3/q+1. The molecular formula is C37H70N+. The molecule has 222 valence electrons. The highest BCUT2D eigenvalue weighted by Gasteiger charge is 2.03. The van der Waals surface area contributed by atoms with E-state index >= 15 is 0 Å². The summed E-state index contributed by atoms with van der Waals surface area (Å²) < 4.78 is 2.44. The summed E-state index contributed by atoms with van der Waals surface area (Å²) in [6.07, 6.45) is 46.3. The Morgan fingerprint density at radius 2 is 0.763 bits per heavy atom. The molecule has 0 bridgehead atoms. The molecule has 0 aromatic carbocycles. The lowest BCUT2D eigenvalue weighted by molar-refractivity contribution is -0.697. The zero-order valence-corrected chi connectivity index (χ0v) is 26.5. The minimum atomic E-state index is 1.20. The van der Waals surface area contributed by atoms with Gasteiger partial charge in [-0.1, -0.05) is 174 Å². The van der Waals surface area contributed by atoms with E-state index in [1.54, 1.807) is 0 Å². The van der Waals surface area contributed by atoms with Crippen LogP contribution in [0.5, 0.6) is 0 Å². The van der Waals surface area contributed by atoms with Gasteiger partial charge in [0.05, 0.1) is 0 Å². The number of pyridine rings is 1. The van der Waals surface area contributed by atoms with Crippen LogP contribution in [0.3, 0.4) is 0 Å². The van der Waals surface area contributed by atoms with E-state index in [0.29, 0.717) is 0 Å². The third-order valence-corrected chi connectivity index (χ3v) is 8.51. The number of unbranched alkanes of at least 4 members (excludes halogenated alkanes) is 26. The van der Waals surface area contributed by atoms with Crippen molar-refractivity contribution in [3.8, 4) is 0 Å². The van der Waals surface area contributed by atoms with Gasteiger partial charge in [0.1, 0.15) is 6.54 Å². The second kappa shape index (κ2) is 29.1. The van der Waals surface area contributed by atoms with Crippen LogP contribution in [0.4, 0.5) is 0 Å². The van der Waals surface area contributed by atoms with Crippen LogP contribution in [-0.2, 0) is 13.0 Å². The highest BCUT2D eigenvalue weighted by Crippen LogP contribution is 2.15. The average molecular weight is 529 g/mol. The average Bonchev–Trinajstić information content (AvgIpc) is 2.93. The number of nitrogens with zero attached hydrogens (tertiary/aromatic N) is 1.